The lowest BCUT2D eigenvalue weighted by Gasteiger charge is -2.19. The first-order chi connectivity index (χ1) is 9.50. The van der Waals surface area contributed by atoms with Crippen LogP contribution in [0.2, 0.25) is 15.1 Å². The summed E-state index contributed by atoms with van der Waals surface area (Å²) in [6.07, 6.45) is 0. The van der Waals surface area contributed by atoms with E-state index in [2.05, 4.69) is 5.32 Å². The van der Waals surface area contributed by atoms with Crippen LogP contribution < -0.4 is 10.2 Å². The molecule has 0 aliphatic rings. The smallest absolute Gasteiger partial charge is 0.0657 e. The lowest BCUT2D eigenvalue weighted by molar-refractivity contribution is 1.10. The Hall–Kier alpha value is -1.09. The predicted molar refractivity (Wildman–Crippen MR) is 89.6 cm³/mol. The van der Waals surface area contributed by atoms with Crippen molar-refractivity contribution in [2.24, 2.45) is 0 Å². The van der Waals surface area contributed by atoms with Gasteiger partial charge in [-0.05, 0) is 24.3 Å². The van der Waals surface area contributed by atoms with Gasteiger partial charge in [0.1, 0.15) is 0 Å². The number of anilines is 2. The molecule has 0 aromatic heterocycles. The van der Waals surface area contributed by atoms with Crippen LogP contribution in [0.5, 0.6) is 0 Å². The van der Waals surface area contributed by atoms with E-state index in [1.165, 1.54) is 0 Å². The van der Waals surface area contributed by atoms with Gasteiger partial charge in [-0.15, -0.1) is 0 Å². The van der Waals surface area contributed by atoms with Gasteiger partial charge >= 0.3 is 0 Å². The number of para-hydroxylation sites is 2. The van der Waals surface area contributed by atoms with Crippen molar-refractivity contribution in [3.63, 3.8) is 0 Å². The third-order valence-corrected chi connectivity index (χ3v) is 4.18. The zero-order valence-corrected chi connectivity index (χ0v) is 13.5. The van der Waals surface area contributed by atoms with E-state index in [0.717, 1.165) is 16.9 Å². The molecule has 0 aliphatic heterocycles. The van der Waals surface area contributed by atoms with Gasteiger partial charge in [-0.2, -0.15) is 0 Å². The van der Waals surface area contributed by atoms with Crippen molar-refractivity contribution < 1.29 is 0 Å². The summed E-state index contributed by atoms with van der Waals surface area (Å²) in [5.41, 5.74) is 2.92. The minimum absolute atomic E-state index is 0.494. The second-order valence-electron chi connectivity index (χ2n) is 4.59. The molecule has 0 bridgehead atoms. The highest BCUT2D eigenvalue weighted by molar-refractivity contribution is 6.44. The topological polar surface area (TPSA) is 15.3 Å². The van der Waals surface area contributed by atoms with Crippen molar-refractivity contribution in [3.05, 3.63) is 57.0 Å². The SMILES string of the molecule is CN(C)c1ccccc1NCc1c(Cl)ccc(Cl)c1Cl. The minimum Gasteiger partial charge on any atom is -0.379 e. The number of hydrogen-bond acceptors (Lipinski definition) is 2. The van der Waals surface area contributed by atoms with Crippen molar-refractivity contribution in [2.75, 3.05) is 24.3 Å². The summed E-state index contributed by atoms with van der Waals surface area (Å²) in [7, 11) is 4.00. The Labute approximate surface area is 134 Å². The molecule has 2 rings (SSSR count). The van der Waals surface area contributed by atoms with Gasteiger partial charge in [0.15, 0.2) is 0 Å². The Balaban J connectivity index is 2.24. The van der Waals surface area contributed by atoms with E-state index in [1.807, 2.05) is 43.3 Å². The standard InChI is InChI=1S/C15H15Cl3N2/c1-20(2)14-6-4-3-5-13(14)19-9-10-11(16)7-8-12(17)15(10)18/h3-8,19H,9H2,1-2H3. The van der Waals surface area contributed by atoms with Crippen LogP contribution in [-0.2, 0) is 6.54 Å². The van der Waals surface area contributed by atoms with Crippen molar-refractivity contribution in [1.82, 2.24) is 0 Å². The number of rotatable bonds is 4. The molecule has 0 amide bonds. The van der Waals surface area contributed by atoms with E-state index in [0.29, 0.717) is 21.6 Å². The fourth-order valence-corrected chi connectivity index (χ4v) is 2.61. The largest absolute Gasteiger partial charge is 0.379 e. The third kappa shape index (κ3) is 3.32. The van der Waals surface area contributed by atoms with E-state index in [1.54, 1.807) is 12.1 Å². The van der Waals surface area contributed by atoms with Crippen LogP contribution in [0.25, 0.3) is 0 Å². The molecule has 1 N–H and O–H groups in total. The molecule has 20 heavy (non-hydrogen) atoms. The maximum Gasteiger partial charge on any atom is 0.0657 e. The van der Waals surface area contributed by atoms with Gasteiger partial charge in [0.25, 0.3) is 0 Å². The molecule has 5 heteroatoms. The Morgan fingerprint density at radius 3 is 2.30 bits per heavy atom. The molecular weight excluding hydrogens is 315 g/mol. The molecular formula is C15H15Cl3N2. The highest BCUT2D eigenvalue weighted by atomic mass is 35.5. The van der Waals surface area contributed by atoms with Crippen LogP contribution in [0.15, 0.2) is 36.4 Å². The number of hydrogen-bond donors (Lipinski definition) is 1. The maximum absolute atomic E-state index is 6.20. The highest BCUT2D eigenvalue weighted by Gasteiger charge is 2.10. The van der Waals surface area contributed by atoms with Crippen LogP contribution in [0.4, 0.5) is 11.4 Å². The predicted octanol–water partition coefficient (Wildman–Crippen LogP) is 5.32. The summed E-state index contributed by atoms with van der Waals surface area (Å²) in [5.74, 6) is 0. The summed E-state index contributed by atoms with van der Waals surface area (Å²) in [5, 5.41) is 4.96. The average molecular weight is 330 g/mol. The third-order valence-electron chi connectivity index (χ3n) is 2.98. The van der Waals surface area contributed by atoms with Gasteiger partial charge < -0.3 is 10.2 Å². The molecule has 2 aromatic carbocycles. The fraction of sp³-hybridized carbons (Fsp3) is 0.200. The van der Waals surface area contributed by atoms with Crippen LogP contribution in [-0.4, -0.2) is 14.1 Å². The summed E-state index contributed by atoms with van der Waals surface area (Å²) in [6.45, 7) is 0.517. The molecule has 2 aromatic rings. The number of nitrogens with zero attached hydrogens (tertiary/aromatic N) is 1. The van der Waals surface area contributed by atoms with Gasteiger partial charge in [0.2, 0.25) is 0 Å². The van der Waals surface area contributed by atoms with E-state index < -0.39 is 0 Å². The van der Waals surface area contributed by atoms with Crippen molar-refractivity contribution in [2.45, 2.75) is 6.54 Å². The highest BCUT2D eigenvalue weighted by Crippen LogP contribution is 2.32. The lowest BCUT2D eigenvalue weighted by Crippen LogP contribution is -2.12. The molecule has 0 unspecified atom stereocenters. The zero-order chi connectivity index (χ0) is 14.7. The number of nitrogens with one attached hydrogen (secondary N) is 1. The number of benzene rings is 2. The first-order valence-corrected chi connectivity index (χ1v) is 7.26. The quantitative estimate of drug-likeness (QED) is 0.763. The summed E-state index contributed by atoms with van der Waals surface area (Å²) in [6, 6.07) is 11.5. The molecule has 0 saturated carbocycles. The molecule has 2 nitrogen and oxygen atoms in total. The van der Waals surface area contributed by atoms with Crippen LogP contribution in [0.3, 0.4) is 0 Å². The van der Waals surface area contributed by atoms with Gasteiger partial charge in [-0.1, -0.05) is 46.9 Å². The zero-order valence-electron chi connectivity index (χ0n) is 11.3. The molecule has 0 saturated heterocycles. The van der Waals surface area contributed by atoms with Crippen LogP contribution >= 0.6 is 34.8 Å². The average Bonchev–Trinajstić information content (AvgIpc) is 2.43. The molecule has 0 atom stereocenters. The van der Waals surface area contributed by atoms with Gasteiger partial charge in [-0.25, -0.2) is 0 Å². The van der Waals surface area contributed by atoms with Crippen molar-refractivity contribution in [3.8, 4) is 0 Å². The summed E-state index contributed by atoms with van der Waals surface area (Å²) in [4.78, 5) is 2.05. The fourth-order valence-electron chi connectivity index (χ4n) is 1.93. The van der Waals surface area contributed by atoms with E-state index in [-0.39, 0.29) is 0 Å². The Bertz CT molecular complexity index is 612. The molecule has 0 heterocycles. The summed E-state index contributed by atoms with van der Waals surface area (Å²) >= 11 is 18.4. The molecule has 106 valence electrons. The first-order valence-electron chi connectivity index (χ1n) is 6.13. The molecule has 0 radical (unpaired) electrons. The maximum atomic E-state index is 6.20. The summed E-state index contributed by atoms with van der Waals surface area (Å²) < 4.78 is 0. The molecule has 0 aliphatic carbocycles. The van der Waals surface area contributed by atoms with E-state index in [9.17, 15) is 0 Å². The van der Waals surface area contributed by atoms with Gasteiger partial charge in [-0.3, -0.25) is 0 Å². The monoisotopic (exact) mass is 328 g/mol. The molecule has 0 fully saturated rings. The van der Waals surface area contributed by atoms with Gasteiger partial charge in [0, 0.05) is 31.2 Å². The lowest BCUT2D eigenvalue weighted by atomic mass is 10.2. The second kappa shape index (κ2) is 6.57. The van der Waals surface area contributed by atoms with Gasteiger partial charge in [0.05, 0.1) is 21.4 Å². The van der Waals surface area contributed by atoms with Crippen LogP contribution in [0, 0.1) is 0 Å². The van der Waals surface area contributed by atoms with E-state index >= 15 is 0 Å². The first kappa shape index (κ1) is 15.3. The molecule has 0 spiro atoms. The normalized spacial score (nSPS) is 10.4. The van der Waals surface area contributed by atoms with Crippen molar-refractivity contribution in [1.29, 1.82) is 0 Å². The second-order valence-corrected chi connectivity index (χ2v) is 5.78. The van der Waals surface area contributed by atoms with E-state index in [4.69, 9.17) is 34.8 Å². The Morgan fingerprint density at radius 1 is 0.950 bits per heavy atom. The Morgan fingerprint density at radius 2 is 1.60 bits per heavy atom. The number of halogens is 3. The van der Waals surface area contributed by atoms with Crippen LogP contribution in [0.1, 0.15) is 5.56 Å². The van der Waals surface area contributed by atoms with Crippen molar-refractivity contribution >= 4 is 46.2 Å². The minimum atomic E-state index is 0.494. The Kier molecular flexibility index (Phi) is 5.03.